The molecule has 2 aliphatic heterocycles. The van der Waals surface area contributed by atoms with Gasteiger partial charge in [-0.05, 0) is 99.8 Å². The first-order chi connectivity index (χ1) is 24.5. The normalized spacial score (nSPS) is 18.3. The molecular weight excluding hydrogens is 620 g/mol. The molecule has 3 aliphatic rings. The van der Waals surface area contributed by atoms with Gasteiger partial charge < -0.3 is 19.5 Å². The highest BCUT2D eigenvalue weighted by Crippen LogP contribution is 2.42. The van der Waals surface area contributed by atoms with Crippen molar-refractivity contribution < 1.29 is 19.0 Å². The summed E-state index contributed by atoms with van der Waals surface area (Å²) in [7, 11) is 0. The van der Waals surface area contributed by atoms with E-state index < -0.39 is 0 Å². The number of hydrogen-bond donors (Lipinski definition) is 1. The number of nitrogens with one attached hydrogen (secondary N) is 1. The fourth-order valence-electron chi connectivity index (χ4n) is 7.19. The van der Waals surface area contributed by atoms with Gasteiger partial charge in [-0.15, -0.1) is 6.58 Å². The molecule has 3 unspecified atom stereocenters. The number of benzene rings is 1. The Bertz CT molecular complexity index is 1210. The molecule has 6 nitrogen and oxygen atoms in total. The number of rotatable bonds is 17. The average molecular weight is 693 g/mol. The summed E-state index contributed by atoms with van der Waals surface area (Å²) in [5, 5.41) is 3.41. The molecule has 0 spiro atoms. The molecule has 0 radical (unpaired) electrons. The maximum Gasteiger partial charge on any atom is 0.293 e. The highest BCUT2D eigenvalue weighted by molar-refractivity contribution is 5.48. The lowest BCUT2D eigenvalue weighted by Gasteiger charge is -2.34. The van der Waals surface area contributed by atoms with Gasteiger partial charge in [0, 0.05) is 24.4 Å². The van der Waals surface area contributed by atoms with E-state index in [2.05, 4.69) is 56.9 Å². The van der Waals surface area contributed by atoms with Crippen LogP contribution in [0.4, 0.5) is 5.82 Å². The van der Waals surface area contributed by atoms with E-state index in [0.29, 0.717) is 25.1 Å². The minimum absolute atomic E-state index is 0.110. The molecule has 0 amide bonds. The average Bonchev–Trinajstić information content (AvgIpc) is 3.68. The SMILES string of the molecule is C=CCCC(C)c1cc(C)cc2c1C(OC=O)COC2CCCCCC.CC.CC.c1cc2c(nc1CCCCOC1CCCC1)NCCC2. The van der Waals surface area contributed by atoms with E-state index in [1.807, 2.05) is 33.8 Å². The number of ether oxygens (including phenoxy) is 3. The number of fused-ring (bicyclic) bond motifs is 2. The molecule has 0 saturated heterocycles. The molecule has 282 valence electrons. The number of aryl methyl sites for hydroxylation is 3. The summed E-state index contributed by atoms with van der Waals surface area (Å²) in [5.41, 5.74) is 7.56. The standard InChI is InChI=1S/C23H34O3.C17H26N2O.2C2H6/c1-5-7-9-10-12-21-20-14-17(3)13-19(18(4)11-8-6-2)23(20)22(15-25-21)26-16-24;1-2-9-16(8-1)20-13-4-3-7-15-11-10-14-6-5-12-18-17(14)19-15;2*1-2/h6,13-14,16,18,21-22H,2,5,7-12,15H2,1,3-4H3;10-11,16H,1-9,12-13H2,(H,18,19);2*1-2H3. The van der Waals surface area contributed by atoms with Crippen LogP contribution >= 0.6 is 0 Å². The van der Waals surface area contributed by atoms with Gasteiger partial charge in [-0.3, -0.25) is 4.79 Å². The molecule has 1 saturated carbocycles. The Hall–Kier alpha value is -2.70. The minimum atomic E-state index is -0.295. The quantitative estimate of drug-likeness (QED) is 0.101. The van der Waals surface area contributed by atoms with Crippen LogP contribution in [-0.4, -0.2) is 37.3 Å². The second kappa shape index (κ2) is 26.1. The fraction of sp³-hybridized carbons (Fsp3) is 0.682. The van der Waals surface area contributed by atoms with Gasteiger partial charge >= 0.3 is 0 Å². The molecular formula is C44H72N2O4. The molecule has 1 aromatic heterocycles. The van der Waals surface area contributed by atoms with Gasteiger partial charge in [0.05, 0.1) is 18.8 Å². The number of carbonyl (C=O) groups excluding carboxylic acids is 1. The van der Waals surface area contributed by atoms with Gasteiger partial charge in [-0.2, -0.15) is 0 Å². The van der Waals surface area contributed by atoms with Crippen LogP contribution in [0.25, 0.3) is 0 Å². The first kappa shape index (κ1) is 43.5. The number of pyridine rings is 1. The van der Waals surface area contributed by atoms with Gasteiger partial charge in [-0.1, -0.05) is 110 Å². The van der Waals surface area contributed by atoms with E-state index in [0.717, 1.165) is 51.1 Å². The number of aromatic nitrogens is 1. The molecule has 3 heterocycles. The first-order valence-corrected chi connectivity index (χ1v) is 20.3. The fourth-order valence-corrected chi connectivity index (χ4v) is 7.19. The summed E-state index contributed by atoms with van der Waals surface area (Å²) >= 11 is 0. The Morgan fingerprint density at radius 1 is 1.04 bits per heavy atom. The smallest absolute Gasteiger partial charge is 0.293 e. The van der Waals surface area contributed by atoms with Crippen LogP contribution < -0.4 is 5.32 Å². The maximum absolute atomic E-state index is 11.0. The maximum atomic E-state index is 11.0. The molecule has 0 bridgehead atoms. The Labute approximate surface area is 306 Å². The van der Waals surface area contributed by atoms with Crippen molar-refractivity contribution in [2.75, 3.05) is 25.1 Å². The topological polar surface area (TPSA) is 69.7 Å². The van der Waals surface area contributed by atoms with Crippen LogP contribution in [0.5, 0.6) is 0 Å². The van der Waals surface area contributed by atoms with E-state index >= 15 is 0 Å². The highest BCUT2D eigenvalue weighted by Gasteiger charge is 2.32. The number of allylic oxidation sites excluding steroid dienone is 1. The largest absolute Gasteiger partial charge is 0.457 e. The van der Waals surface area contributed by atoms with E-state index in [1.165, 1.54) is 104 Å². The predicted molar refractivity (Wildman–Crippen MR) is 211 cm³/mol. The van der Waals surface area contributed by atoms with Crippen molar-refractivity contribution in [1.29, 1.82) is 0 Å². The summed E-state index contributed by atoms with van der Waals surface area (Å²) in [6.45, 7) is 21.5. The summed E-state index contributed by atoms with van der Waals surface area (Å²) in [6, 6.07) is 8.93. The lowest BCUT2D eigenvalue weighted by Crippen LogP contribution is -2.25. The predicted octanol–water partition coefficient (Wildman–Crippen LogP) is 12.1. The van der Waals surface area contributed by atoms with Crippen molar-refractivity contribution in [2.24, 2.45) is 0 Å². The number of nitrogens with zero attached hydrogens (tertiary/aromatic N) is 1. The second-order valence-corrected chi connectivity index (χ2v) is 13.6. The molecule has 2 aromatic rings. The van der Waals surface area contributed by atoms with Gasteiger partial charge in [0.2, 0.25) is 0 Å². The summed E-state index contributed by atoms with van der Waals surface area (Å²) in [5.74, 6) is 1.52. The lowest BCUT2D eigenvalue weighted by atomic mass is 9.82. The summed E-state index contributed by atoms with van der Waals surface area (Å²) < 4.78 is 17.4. The van der Waals surface area contributed by atoms with E-state index in [9.17, 15) is 4.79 Å². The number of carbonyl (C=O) groups is 1. The summed E-state index contributed by atoms with van der Waals surface area (Å²) in [4.78, 5) is 15.8. The number of anilines is 1. The third kappa shape index (κ3) is 14.5. The molecule has 6 heteroatoms. The van der Waals surface area contributed by atoms with Crippen molar-refractivity contribution in [3.8, 4) is 0 Å². The molecule has 1 N–H and O–H groups in total. The van der Waals surface area contributed by atoms with Gasteiger partial charge in [0.15, 0.2) is 6.10 Å². The lowest BCUT2D eigenvalue weighted by molar-refractivity contribution is -0.140. The number of unbranched alkanes of at least 4 members (excludes halogenated alkanes) is 4. The third-order valence-electron chi connectivity index (χ3n) is 9.82. The van der Waals surface area contributed by atoms with Gasteiger partial charge in [0.1, 0.15) is 5.82 Å². The van der Waals surface area contributed by atoms with Crippen LogP contribution in [0.3, 0.4) is 0 Å². The zero-order valence-electron chi connectivity index (χ0n) is 33.0. The van der Waals surface area contributed by atoms with Crippen molar-refractivity contribution >= 4 is 12.3 Å². The minimum Gasteiger partial charge on any atom is -0.457 e. The van der Waals surface area contributed by atoms with Crippen LogP contribution in [0.1, 0.15) is 183 Å². The Kier molecular flexibility index (Phi) is 22.7. The molecule has 1 aromatic carbocycles. The molecule has 3 atom stereocenters. The van der Waals surface area contributed by atoms with E-state index in [-0.39, 0.29) is 12.2 Å². The second-order valence-electron chi connectivity index (χ2n) is 13.6. The first-order valence-electron chi connectivity index (χ1n) is 20.3. The monoisotopic (exact) mass is 693 g/mol. The van der Waals surface area contributed by atoms with Crippen molar-refractivity contribution in [3.05, 3.63) is 70.4 Å². The van der Waals surface area contributed by atoms with Gasteiger partial charge in [-0.25, -0.2) is 4.98 Å². The van der Waals surface area contributed by atoms with Crippen LogP contribution in [0.2, 0.25) is 0 Å². The van der Waals surface area contributed by atoms with Crippen LogP contribution in [-0.2, 0) is 31.8 Å². The zero-order chi connectivity index (χ0) is 36.6. The van der Waals surface area contributed by atoms with Crippen molar-refractivity contribution in [3.63, 3.8) is 0 Å². The van der Waals surface area contributed by atoms with E-state index in [4.69, 9.17) is 19.2 Å². The zero-order valence-corrected chi connectivity index (χ0v) is 33.0. The molecule has 1 fully saturated rings. The van der Waals surface area contributed by atoms with Crippen molar-refractivity contribution in [1.82, 2.24) is 4.98 Å². The highest BCUT2D eigenvalue weighted by atomic mass is 16.6. The summed E-state index contributed by atoms with van der Waals surface area (Å²) in [6.07, 6.45) is 21.4. The Morgan fingerprint density at radius 2 is 1.82 bits per heavy atom. The number of hydrogen-bond acceptors (Lipinski definition) is 6. The Balaban J connectivity index is 0.000000323. The molecule has 5 rings (SSSR count). The van der Waals surface area contributed by atoms with Crippen molar-refractivity contribution in [2.45, 2.75) is 175 Å². The van der Waals surface area contributed by atoms with Gasteiger partial charge in [0.25, 0.3) is 6.47 Å². The third-order valence-corrected chi connectivity index (χ3v) is 9.82. The molecule has 50 heavy (non-hydrogen) atoms. The Morgan fingerprint density at radius 3 is 2.54 bits per heavy atom. The molecule has 1 aliphatic carbocycles. The van der Waals surface area contributed by atoms with E-state index in [1.54, 1.807) is 0 Å². The van der Waals surface area contributed by atoms with Crippen LogP contribution in [0, 0.1) is 6.92 Å². The van der Waals surface area contributed by atoms with Crippen LogP contribution in [0.15, 0.2) is 36.9 Å².